The van der Waals surface area contributed by atoms with E-state index in [1.54, 1.807) is 0 Å². The zero-order valence-electron chi connectivity index (χ0n) is 5.26. The third-order valence-electron chi connectivity index (χ3n) is 0.719. The highest BCUT2D eigenvalue weighted by Gasteiger charge is 2.09. The minimum absolute atomic E-state index is 0.0193. The van der Waals surface area contributed by atoms with Crippen LogP contribution in [0.5, 0.6) is 0 Å². The summed E-state index contributed by atoms with van der Waals surface area (Å²) in [7, 11) is 0. The molecule has 1 nitrogen and oxygen atoms in total. The van der Waals surface area contributed by atoms with E-state index in [-0.39, 0.29) is 5.12 Å². The second-order valence-corrected chi connectivity index (χ2v) is 3.13. The first kappa shape index (κ1) is 9.05. The van der Waals surface area contributed by atoms with Crippen LogP contribution < -0.4 is 0 Å². The number of thioether (sulfide) groups is 1. The molecule has 0 aromatic rings. The van der Waals surface area contributed by atoms with E-state index in [0.29, 0.717) is 0 Å². The summed E-state index contributed by atoms with van der Waals surface area (Å²) in [5.74, 6) is 0.774. The van der Waals surface area contributed by atoms with Crippen LogP contribution in [0.4, 0.5) is 0 Å². The Kier molecular flexibility index (Phi) is 4.91. The molecule has 0 amide bonds. The Hall–Kier alpha value is 0.0500. The quantitative estimate of drug-likeness (QED) is 0.469. The van der Waals surface area contributed by atoms with Crippen molar-refractivity contribution in [1.82, 2.24) is 0 Å². The first-order chi connectivity index (χ1) is 4.22. The molecule has 0 spiro atoms. The smallest absolute Gasteiger partial charge is 0.210 e. The van der Waals surface area contributed by atoms with Crippen molar-refractivity contribution in [3.8, 4) is 0 Å². The van der Waals surface area contributed by atoms with E-state index in [1.807, 2.05) is 6.92 Å². The largest absolute Gasteiger partial charge is 0.285 e. The molecular formula is C6H9ClOS. The number of allylic oxidation sites excluding steroid dienone is 1. The Morgan fingerprint density at radius 1 is 2.00 bits per heavy atom. The number of hydrogen-bond donors (Lipinski definition) is 0. The van der Waals surface area contributed by atoms with Crippen molar-refractivity contribution in [2.24, 2.45) is 0 Å². The lowest BCUT2D eigenvalue weighted by Crippen LogP contribution is -2.06. The topological polar surface area (TPSA) is 17.1 Å². The fourth-order valence-electron chi connectivity index (χ4n) is 0.318. The monoisotopic (exact) mass is 164 g/mol. The first-order valence-corrected chi connectivity index (χ1v) is 4.07. The highest BCUT2D eigenvalue weighted by molar-refractivity contribution is 8.13. The van der Waals surface area contributed by atoms with Crippen LogP contribution in [0.3, 0.4) is 0 Å². The SMILES string of the molecule is C=CC(Cl)C(=O)SCC. The molecule has 1 unspecified atom stereocenters. The molecule has 0 rings (SSSR count). The second-order valence-electron chi connectivity index (χ2n) is 1.39. The van der Waals surface area contributed by atoms with Crippen molar-refractivity contribution < 1.29 is 4.79 Å². The van der Waals surface area contributed by atoms with Crippen LogP contribution in [0.15, 0.2) is 12.7 Å². The van der Waals surface area contributed by atoms with E-state index in [9.17, 15) is 4.79 Å². The van der Waals surface area contributed by atoms with Gasteiger partial charge in [0, 0.05) is 0 Å². The maximum Gasteiger partial charge on any atom is 0.210 e. The second kappa shape index (κ2) is 4.89. The van der Waals surface area contributed by atoms with Crippen molar-refractivity contribution in [2.75, 3.05) is 5.75 Å². The molecule has 1 atom stereocenters. The summed E-state index contributed by atoms with van der Waals surface area (Å²) in [6.07, 6.45) is 1.44. The predicted octanol–water partition coefficient (Wildman–Crippen LogP) is 2.06. The summed E-state index contributed by atoms with van der Waals surface area (Å²) >= 11 is 6.73. The van der Waals surface area contributed by atoms with Crippen molar-refractivity contribution in [3.05, 3.63) is 12.7 Å². The van der Waals surface area contributed by atoms with E-state index in [1.165, 1.54) is 17.8 Å². The molecule has 3 heteroatoms. The molecule has 0 aromatic heterocycles. The molecule has 0 aliphatic carbocycles. The van der Waals surface area contributed by atoms with Crippen molar-refractivity contribution in [3.63, 3.8) is 0 Å². The Balaban J connectivity index is 3.58. The van der Waals surface area contributed by atoms with Crippen molar-refractivity contribution >= 4 is 28.5 Å². The van der Waals surface area contributed by atoms with E-state index >= 15 is 0 Å². The summed E-state index contributed by atoms with van der Waals surface area (Å²) < 4.78 is 0. The number of hydrogen-bond acceptors (Lipinski definition) is 2. The Labute approximate surface area is 64.5 Å². The Morgan fingerprint density at radius 3 is 2.89 bits per heavy atom. The van der Waals surface area contributed by atoms with Gasteiger partial charge in [-0.2, -0.15) is 0 Å². The van der Waals surface area contributed by atoms with Gasteiger partial charge in [0.1, 0.15) is 5.38 Å². The van der Waals surface area contributed by atoms with Crippen LogP contribution in [-0.2, 0) is 4.79 Å². The van der Waals surface area contributed by atoms with Crippen LogP contribution >= 0.6 is 23.4 Å². The van der Waals surface area contributed by atoms with Gasteiger partial charge in [0.25, 0.3) is 0 Å². The lowest BCUT2D eigenvalue weighted by Gasteiger charge is -1.97. The van der Waals surface area contributed by atoms with Gasteiger partial charge in [-0.1, -0.05) is 24.8 Å². The summed E-state index contributed by atoms with van der Waals surface area (Å²) in [4.78, 5) is 10.7. The van der Waals surface area contributed by atoms with Crippen LogP contribution in [0.25, 0.3) is 0 Å². The van der Waals surface area contributed by atoms with Crippen LogP contribution in [0.2, 0.25) is 0 Å². The van der Waals surface area contributed by atoms with Gasteiger partial charge in [-0.15, -0.1) is 18.2 Å². The Bertz CT molecular complexity index is 114. The van der Waals surface area contributed by atoms with Crippen molar-refractivity contribution in [1.29, 1.82) is 0 Å². The molecule has 0 heterocycles. The molecule has 0 saturated carbocycles. The third kappa shape index (κ3) is 3.60. The molecule has 9 heavy (non-hydrogen) atoms. The van der Waals surface area contributed by atoms with Crippen LogP contribution in [0, 0.1) is 0 Å². The lowest BCUT2D eigenvalue weighted by atomic mass is 10.5. The first-order valence-electron chi connectivity index (χ1n) is 2.65. The van der Waals surface area contributed by atoms with Crippen LogP contribution in [-0.4, -0.2) is 16.2 Å². The summed E-state index contributed by atoms with van der Waals surface area (Å²) in [6.45, 7) is 5.31. The van der Waals surface area contributed by atoms with E-state index in [4.69, 9.17) is 11.6 Å². The van der Waals surface area contributed by atoms with Gasteiger partial charge in [-0.05, 0) is 5.75 Å². The normalized spacial score (nSPS) is 12.7. The number of halogens is 1. The van der Waals surface area contributed by atoms with Gasteiger partial charge < -0.3 is 0 Å². The molecule has 0 saturated heterocycles. The summed E-state index contributed by atoms with van der Waals surface area (Å²) in [5, 5.41) is -0.538. The molecule has 0 radical (unpaired) electrons. The fourth-order valence-corrected chi connectivity index (χ4v) is 1.05. The maximum absolute atomic E-state index is 10.7. The number of rotatable bonds is 3. The number of carbonyl (C=O) groups excluding carboxylic acids is 1. The molecule has 0 N–H and O–H groups in total. The third-order valence-corrected chi connectivity index (χ3v) is 2.05. The zero-order valence-corrected chi connectivity index (χ0v) is 6.84. The molecule has 52 valence electrons. The highest BCUT2D eigenvalue weighted by Crippen LogP contribution is 2.10. The highest BCUT2D eigenvalue weighted by atomic mass is 35.5. The molecular weight excluding hydrogens is 156 g/mol. The zero-order chi connectivity index (χ0) is 7.28. The molecule has 0 bridgehead atoms. The van der Waals surface area contributed by atoms with Gasteiger partial charge in [-0.25, -0.2) is 0 Å². The minimum Gasteiger partial charge on any atom is -0.285 e. The molecule has 0 aliphatic rings. The fraction of sp³-hybridized carbons (Fsp3) is 0.500. The van der Waals surface area contributed by atoms with Gasteiger partial charge in [0.15, 0.2) is 0 Å². The average Bonchev–Trinajstić information content (AvgIpc) is 1.87. The van der Waals surface area contributed by atoms with Gasteiger partial charge in [-0.3, -0.25) is 4.79 Å². The maximum atomic E-state index is 10.7. The molecule has 0 aliphatic heterocycles. The summed E-state index contributed by atoms with van der Waals surface area (Å²) in [5.41, 5.74) is 0. The standard InChI is InChI=1S/C6H9ClOS/c1-3-5(7)6(8)9-4-2/h3,5H,1,4H2,2H3. The van der Waals surface area contributed by atoms with Gasteiger partial charge in [0.05, 0.1) is 0 Å². The van der Waals surface area contributed by atoms with Gasteiger partial charge in [0.2, 0.25) is 5.12 Å². The lowest BCUT2D eigenvalue weighted by molar-refractivity contribution is -0.110. The molecule has 0 fully saturated rings. The van der Waals surface area contributed by atoms with E-state index < -0.39 is 5.38 Å². The summed E-state index contributed by atoms with van der Waals surface area (Å²) in [6, 6.07) is 0. The van der Waals surface area contributed by atoms with E-state index in [2.05, 4.69) is 6.58 Å². The number of alkyl halides is 1. The average molecular weight is 165 g/mol. The van der Waals surface area contributed by atoms with E-state index in [0.717, 1.165) is 5.75 Å². The van der Waals surface area contributed by atoms with Gasteiger partial charge >= 0.3 is 0 Å². The predicted molar refractivity (Wildman–Crippen MR) is 43.0 cm³/mol. The number of carbonyl (C=O) groups is 1. The Morgan fingerprint density at radius 2 is 2.56 bits per heavy atom. The molecule has 0 aromatic carbocycles. The van der Waals surface area contributed by atoms with Crippen molar-refractivity contribution in [2.45, 2.75) is 12.3 Å². The van der Waals surface area contributed by atoms with Crippen LogP contribution in [0.1, 0.15) is 6.92 Å². The minimum atomic E-state index is -0.519.